The fourth-order valence-electron chi connectivity index (χ4n) is 2.10. The molecule has 3 aromatic rings. The number of rotatable bonds is 4. The van der Waals surface area contributed by atoms with Crippen molar-refractivity contribution in [3.63, 3.8) is 0 Å². The Bertz CT molecular complexity index is 895. The summed E-state index contributed by atoms with van der Waals surface area (Å²) >= 11 is 4.61. The van der Waals surface area contributed by atoms with E-state index in [4.69, 9.17) is 0 Å². The van der Waals surface area contributed by atoms with E-state index in [1.54, 1.807) is 5.38 Å². The quantitative estimate of drug-likeness (QED) is 0.688. The fourth-order valence-corrected chi connectivity index (χ4v) is 3.36. The van der Waals surface area contributed by atoms with Gasteiger partial charge in [0, 0.05) is 9.85 Å². The van der Waals surface area contributed by atoms with Crippen LogP contribution in [-0.4, -0.2) is 27.2 Å². The molecule has 0 aliphatic rings. The second-order valence-corrected chi connectivity index (χ2v) is 6.55. The van der Waals surface area contributed by atoms with Crippen molar-refractivity contribution < 1.29 is 14.7 Å². The lowest BCUT2D eigenvalue weighted by molar-refractivity contribution is 0.0699. The first-order chi connectivity index (χ1) is 11.6. The third-order valence-corrected chi connectivity index (χ3v) is 4.76. The molecule has 3 rings (SSSR count). The van der Waals surface area contributed by atoms with Gasteiger partial charge in [-0.2, -0.15) is 10.2 Å². The van der Waals surface area contributed by atoms with Crippen molar-refractivity contribution in [1.29, 1.82) is 0 Å². The zero-order valence-corrected chi connectivity index (χ0v) is 14.5. The summed E-state index contributed by atoms with van der Waals surface area (Å²) in [5.41, 5.74) is 1.40. The van der Waals surface area contributed by atoms with E-state index in [1.807, 2.05) is 24.3 Å². The Hall–Kier alpha value is -2.58. The van der Waals surface area contributed by atoms with Gasteiger partial charge in [-0.05, 0) is 23.8 Å². The van der Waals surface area contributed by atoms with Crippen molar-refractivity contribution in [2.75, 3.05) is 5.32 Å². The van der Waals surface area contributed by atoms with Gasteiger partial charge in [0.25, 0.3) is 5.91 Å². The Labute approximate surface area is 149 Å². The monoisotopic (exact) mass is 403 g/mol. The molecule has 0 saturated carbocycles. The molecule has 0 atom stereocenters. The molecule has 0 aliphatic carbocycles. The molecule has 0 radical (unpaired) electrons. The maximum absolute atomic E-state index is 12.2. The van der Waals surface area contributed by atoms with Crippen LogP contribution in [0.5, 0.6) is 0 Å². The van der Waals surface area contributed by atoms with Crippen molar-refractivity contribution in [2.45, 2.75) is 0 Å². The number of aromatic carboxylic acids is 1. The molecule has 120 valence electrons. The van der Waals surface area contributed by atoms with Crippen LogP contribution in [0.2, 0.25) is 0 Å². The maximum Gasteiger partial charge on any atom is 0.339 e. The summed E-state index contributed by atoms with van der Waals surface area (Å²) < 4.78 is 0.901. The first kappa shape index (κ1) is 16.3. The number of hydrogen-bond donors (Lipinski definition) is 2. The highest BCUT2D eigenvalue weighted by Gasteiger charge is 2.21. The van der Waals surface area contributed by atoms with Crippen LogP contribution in [0.25, 0.3) is 10.4 Å². The third-order valence-electron chi connectivity index (χ3n) is 3.21. The molecule has 0 saturated heterocycles. The number of carbonyl (C=O) groups excluding carboxylic acids is 1. The maximum atomic E-state index is 12.2. The molecule has 1 amide bonds. The van der Waals surface area contributed by atoms with Crippen LogP contribution in [0.15, 0.2) is 52.6 Å². The first-order valence-electron chi connectivity index (χ1n) is 6.75. The topological polar surface area (TPSA) is 92.2 Å². The normalized spacial score (nSPS) is 10.4. The highest BCUT2D eigenvalue weighted by molar-refractivity contribution is 9.10. The lowest BCUT2D eigenvalue weighted by Gasteiger charge is -2.06. The highest BCUT2D eigenvalue weighted by Crippen LogP contribution is 2.36. The van der Waals surface area contributed by atoms with Gasteiger partial charge in [-0.15, -0.1) is 11.3 Å². The minimum Gasteiger partial charge on any atom is -0.478 e. The van der Waals surface area contributed by atoms with Crippen molar-refractivity contribution in [3.8, 4) is 10.4 Å². The summed E-state index contributed by atoms with van der Waals surface area (Å²) in [5.74, 6) is -1.54. The van der Waals surface area contributed by atoms with Gasteiger partial charge in [0.2, 0.25) is 0 Å². The van der Waals surface area contributed by atoms with E-state index >= 15 is 0 Å². The van der Waals surface area contributed by atoms with Gasteiger partial charge in [-0.3, -0.25) is 4.79 Å². The molecule has 8 heteroatoms. The Morgan fingerprint density at radius 1 is 1.12 bits per heavy atom. The summed E-state index contributed by atoms with van der Waals surface area (Å²) in [5, 5.41) is 21.0. The average molecular weight is 404 g/mol. The number of anilines is 1. The Balaban J connectivity index is 1.96. The Kier molecular flexibility index (Phi) is 4.68. The summed E-state index contributed by atoms with van der Waals surface area (Å²) in [6.45, 7) is 0. The number of halogens is 1. The zero-order valence-electron chi connectivity index (χ0n) is 12.1. The van der Waals surface area contributed by atoms with Crippen molar-refractivity contribution in [1.82, 2.24) is 10.2 Å². The average Bonchev–Trinajstić information content (AvgIpc) is 3.00. The molecule has 24 heavy (non-hydrogen) atoms. The number of nitrogens with zero attached hydrogens (tertiary/aromatic N) is 2. The highest BCUT2D eigenvalue weighted by atomic mass is 79.9. The lowest BCUT2D eigenvalue weighted by atomic mass is 10.1. The summed E-state index contributed by atoms with van der Waals surface area (Å²) in [7, 11) is 0. The van der Waals surface area contributed by atoms with E-state index in [2.05, 4.69) is 31.4 Å². The van der Waals surface area contributed by atoms with Gasteiger partial charge in [-0.25, -0.2) is 4.79 Å². The van der Waals surface area contributed by atoms with Crippen LogP contribution in [0.1, 0.15) is 20.7 Å². The van der Waals surface area contributed by atoms with Crippen LogP contribution < -0.4 is 5.32 Å². The minimum atomic E-state index is -1.10. The van der Waals surface area contributed by atoms with Gasteiger partial charge in [0.1, 0.15) is 5.56 Å². The third kappa shape index (κ3) is 3.34. The minimum absolute atomic E-state index is 0.0673. The van der Waals surface area contributed by atoms with E-state index in [-0.39, 0.29) is 11.3 Å². The molecule has 0 spiro atoms. The first-order valence-corrected chi connectivity index (χ1v) is 8.42. The van der Waals surface area contributed by atoms with Crippen LogP contribution in [0.4, 0.5) is 5.69 Å². The van der Waals surface area contributed by atoms with E-state index in [1.165, 1.54) is 29.8 Å². The number of carboxylic acids is 1. The molecule has 1 aromatic carbocycles. The van der Waals surface area contributed by atoms with Crippen LogP contribution in [0, 0.1) is 0 Å². The SMILES string of the molecule is O=C(Nc1csc(-c2ccc(Br)cc2)c1C(=O)O)c1ccnnc1. The van der Waals surface area contributed by atoms with E-state index in [0.717, 1.165) is 10.0 Å². The number of carboxylic acid groups (broad SMARTS) is 1. The molecule has 0 unspecified atom stereocenters. The number of hydrogen-bond acceptors (Lipinski definition) is 5. The van der Waals surface area contributed by atoms with Crippen molar-refractivity contribution in [3.05, 3.63) is 63.7 Å². The van der Waals surface area contributed by atoms with Gasteiger partial charge in [0.15, 0.2) is 0 Å². The fraction of sp³-hybridized carbons (Fsp3) is 0. The second-order valence-electron chi connectivity index (χ2n) is 4.75. The predicted molar refractivity (Wildman–Crippen MR) is 94.4 cm³/mol. The zero-order chi connectivity index (χ0) is 17.1. The number of thiophene rings is 1. The number of amides is 1. The van der Waals surface area contributed by atoms with Crippen molar-refractivity contribution in [2.24, 2.45) is 0 Å². The van der Waals surface area contributed by atoms with Crippen molar-refractivity contribution >= 4 is 44.8 Å². The van der Waals surface area contributed by atoms with Gasteiger partial charge < -0.3 is 10.4 Å². The molecular weight excluding hydrogens is 394 g/mol. The molecule has 2 aromatic heterocycles. The van der Waals surface area contributed by atoms with Crippen LogP contribution in [-0.2, 0) is 0 Å². The van der Waals surface area contributed by atoms with E-state index in [9.17, 15) is 14.7 Å². The summed E-state index contributed by atoms with van der Waals surface area (Å²) in [4.78, 5) is 24.5. The van der Waals surface area contributed by atoms with Crippen LogP contribution in [0.3, 0.4) is 0 Å². The molecule has 0 fully saturated rings. The lowest BCUT2D eigenvalue weighted by Crippen LogP contribution is -2.14. The van der Waals surface area contributed by atoms with Crippen LogP contribution >= 0.6 is 27.3 Å². The van der Waals surface area contributed by atoms with Gasteiger partial charge in [-0.1, -0.05) is 28.1 Å². The molecular formula is C16H10BrN3O3S. The number of nitrogens with one attached hydrogen (secondary N) is 1. The smallest absolute Gasteiger partial charge is 0.339 e. The molecule has 0 aliphatic heterocycles. The van der Waals surface area contributed by atoms with E-state index < -0.39 is 11.9 Å². The standard InChI is InChI=1S/C16H10BrN3O3S/c17-11-3-1-9(2-4-11)14-13(16(22)23)12(8-24-14)20-15(21)10-5-6-18-19-7-10/h1-8H,(H,20,21)(H,22,23). The van der Waals surface area contributed by atoms with Gasteiger partial charge in [0.05, 0.1) is 28.5 Å². The molecule has 6 nitrogen and oxygen atoms in total. The predicted octanol–water partition coefficient (Wildman–Crippen LogP) is 3.92. The Morgan fingerprint density at radius 3 is 2.50 bits per heavy atom. The molecule has 0 bridgehead atoms. The van der Waals surface area contributed by atoms with E-state index in [0.29, 0.717) is 10.4 Å². The second kappa shape index (κ2) is 6.90. The number of carbonyl (C=O) groups is 2. The Morgan fingerprint density at radius 2 is 1.88 bits per heavy atom. The number of benzene rings is 1. The molecule has 2 N–H and O–H groups in total. The van der Waals surface area contributed by atoms with Gasteiger partial charge >= 0.3 is 5.97 Å². The largest absolute Gasteiger partial charge is 0.478 e. The summed E-state index contributed by atoms with van der Waals surface area (Å²) in [6.07, 6.45) is 2.71. The summed E-state index contributed by atoms with van der Waals surface area (Å²) in [6, 6.07) is 8.81. The number of aromatic nitrogens is 2. The molecule has 2 heterocycles.